The molecule has 0 saturated heterocycles. The van der Waals surface area contributed by atoms with Crippen molar-refractivity contribution < 1.29 is 22.7 Å². The first-order valence-corrected chi connectivity index (χ1v) is 7.01. The van der Waals surface area contributed by atoms with Crippen molar-refractivity contribution in [1.82, 2.24) is 5.32 Å². The quantitative estimate of drug-likeness (QED) is 0.920. The number of nitrogens with one attached hydrogen (secondary N) is 1. The number of alkyl halides is 3. The fraction of sp³-hybridized carbons (Fsp3) is 0.214. The van der Waals surface area contributed by atoms with Gasteiger partial charge in [-0.25, -0.2) is 0 Å². The zero-order valence-electron chi connectivity index (χ0n) is 10.7. The SMILES string of the molecule is O=C1NCCc2cc(-c3ccc(OC(F)(F)F)cc3)sc21. The molecule has 7 heteroatoms. The monoisotopic (exact) mass is 313 g/mol. The van der Waals surface area contributed by atoms with Crippen LogP contribution in [0.25, 0.3) is 10.4 Å². The molecule has 1 amide bonds. The highest BCUT2D eigenvalue weighted by molar-refractivity contribution is 7.17. The molecule has 0 unspecified atom stereocenters. The maximum atomic E-state index is 12.1. The van der Waals surface area contributed by atoms with Crippen LogP contribution in [0.15, 0.2) is 30.3 Å². The van der Waals surface area contributed by atoms with E-state index >= 15 is 0 Å². The van der Waals surface area contributed by atoms with E-state index < -0.39 is 6.36 Å². The van der Waals surface area contributed by atoms with Gasteiger partial charge in [0.25, 0.3) is 5.91 Å². The van der Waals surface area contributed by atoms with Crippen LogP contribution in [-0.2, 0) is 6.42 Å². The van der Waals surface area contributed by atoms with Crippen molar-refractivity contribution in [2.24, 2.45) is 0 Å². The zero-order chi connectivity index (χ0) is 15.0. The number of hydrogen-bond acceptors (Lipinski definition) is 3. The van der Waals surface area contributed by atoms with Crippen molar-refractivity contribution in [2.45, 2.75) is 12.8 Å². The lowest BCUT2D eigenvalue weighted by atomic mass is 10.1. The second-order valence-electron chi connectivity index (χ2n) is 4.54. The average molecular weight is 313 g/mol. The molecule has 2 heterocycles. The predicted molar refractivity (Wildman–Crippen MR) is 72.5 cm³/mol. The lowest BCUT2D eigenvalue weighted by Crippen LogP contribution is -2.30. The van der Waals surface area contributed by atoms with E-state index in [1.54, 1.807) is 12.1 Å². The van der Waals surface area contributed by atoms with Crippen LogP contribution >= 0.6 is 11.3 Å². The number of carbonyl (C=O) groups excluding carboxylic acids is 1. The second kappa shape index (κ2) is 5.07. The molecule has 1 N–H and O–H groups in total. The maximum Gasteiger partial charge on any atom is 0.573 e. The van der Waals surface area contributed by atoms with Gasteiger partial charge in [-0.2, -0.15) is 0 Å². The molecule has 1 aromatic heterocycles. The van der Waals surface area contributed by atoms with E-state index in [1.165, 1.54) is 23.5 Å². The Morgan fingerprint density at radius 2 is 1.90 bits per heavy atom. The molecule has 0 spiro atoms. The van der Waals surface area contributed by atoms with Crippen LogP contribution in [0.5, 0.6) is 5.75 Å². The molecule has 3 rings (SSSR count). The third-order valence-corrected chi connectivity index (χ3v) is 4.29. The predicted octanol–water partition coefficient (Wildman–Crippen LogP) is 3.60. The van der Waals surface area contributed by atoms with Crippen LogP contribution in [0.1, 0.15) is 15.2 Å². The first kappa shape index (κ1) is 13.9. The Kier molecular flexibility index (Phi) is 3.36. The molecule has 21 heavy (non-hydrogen) atoms. The summed E-state index contributed by atoms with van der Waals surface area (Å²) in [6.07, 6.45) is -3.92. The van der Waals surface area contributed by atoms with Gasteiger partial charge in [-0.15, -0.1) is 24.5 Å². The molecule has 0 radical (unpaired) electrons. The Labute approximate surface area is 122 Å². The Bertz CT molecular complexity index is 677. The fourth-order valence-corrected chi connectivity index (χ4v) is 3.29. The van der Waals surface area contributed by atoms with E-state index in [4.69, 9.17) is 0 Å². The van der Waals surface area contributed by atoms with Crippen molar-refractivity contribution in [3.8, 4) is 16.2 Å². The number of carbonyl (C=O) groups is 1. The van der Waals surface area contributed by atoms with Crippen LogP contribution in [0, 0.1) is 0 Å². The minimum atomic E-state index is -4.69. The second-order valence-corrected chi connectivity index (χ2v) is 5.60. The van der Waals surface area contributed by atoms with Gasteiger partial charge in [-0.05, 0) is 47.9 Å². The Hall–Kier alpha value is -2.02. The smallest absolute Gasteiger partial charge is 0.406 e. The number of hydrogen-bond donors (Lipinski definition) is 1. The van der Waals surface area contributed by atoms with E-state index in [9.17, 15) is 18.0 Å². The maximum absolute atomic E-state index is 12.1. The van der Waals surface area contributed by atoms with E-state index in [1.807, 2.05) is 6.07 Å². The lowest BCUT2D eigenvalue weighted by molar-refractivity contribution is -0.274. The van der Waals surface area contributed by atoms with Gasteiger partial charge in [0, 0.05) is 11.4 Å². The van der Waals surface area contributed by atoms with E-state index in [0.29, 0.717) is 11.4 Å². The van der Waals surface area contributed by atoms with Crippen molar-refractivity contribution in [3.63, 3.8) is 0 Å². The summed E-state index contributed by atoms with van der Waals surface area (Å²) in [7, 11) is 0. The molecule has 0 aliphatic carbocycles. The number of benzene rings is 1. The van der Waals surface area contributed by atoms with Crippen LogP contribution in [0.2, 0.25) is 0 Å². The van der Waals surface area contributed by atoms with Gasteiger partial charge < -0.3 is 10.1 Å². The van der Waals surface area contributed by atoms with Crippen molar-refractivity contribution >= 4 is 17.2 Å². The van der Waals surface area contributed by atoms with Gasteiger partial charge in [0.2, 0.25) is 0 Å². The van der Waals surface area contributed by atoms with E-state index in [-0.39, 0.29) is 11.7 Å². The number of thiophene rings is 1. The largest absolute Gasteiger partial charge is 0.573 e. The van der Waals surface area contributed by atoms with Crippen LogP contribution < -0.4 is 10.1 Å². The number of fused-ring (bicyclic) bond motifs is 1. The zero-order valence-corrected chi connectivity index (χ0v) is 11.5. The highest BCUT2D eigenvalue weighted by Crippen LogP contribution is 2.34. The molecule has 1 aromatic carbocycles. The highest BCUT2D eigenvalue weighted by atomic mass is 32.1. The van der Waals surface area contributed by atoms with Crippen LogP contribution in [0.4, 0.5) is 13.2 Å². The summed E-state index contributed by atoms with van der Waals surface area (Å²) in [5.41, 5.74) is 1.74. The summed E-state index contributed by atoms with van der Waals surface area (Å²) in [5.74, 6) is -0.352. The molecule has 0 bridgehead atoms. The Balaban J connectivity index is 1.86. The third-order valence-electron chi connectivity index (χ3n) is 3.07. The number of ether oxygens (including phenoxy) is 1. The molecule has 0 saturated carbocycles. The minimum absolute atomic E-state index is 0.0930. The molecule has 2 aromatic rings. The van der Waals surface area contributed by atoms with Gasteiger partial charge in [0.15, 0.2) is 0 Å². The molecule has 0 fully saturated rings. The summed E-state index contributed by atoms with van der Waals surface area (Å²) in [4.78, 5) is 13.2. The molecule has 3 nitrogen and oxygen atoms in total. The van der Waals surface area contributed by atoms with Crippen LogP contribution in [0.3, 0.4) is 0 Å². The summed E-state index contributed by atoms with van der Waals surface area (Å²) < 4.78 is 40.1. The normalized spacial score (nSPS) is 14.5. The van der Waals surface area contributed by atoms with Crippen molar-refractivity contribution in [1.29, 1.82) is 0 Å². The number of halogens is 3. The topological polar surface area (TPSA) is 38.3 Å². The van der Waals surface area contributed by atoms with E-state index in [2.05, 4.69) is 10.1 Å². The lowest BCUT2D eigenvalue weighted by Gasteiger charge is -2.10. The summed E-state index contributed by atoms with van der Waals surface area (Å²) >= 11 is 1.34. The fourth-order valence-electron chi connectivity index (χ4n) is 2.16. The van der Waals surface area contributed by atoms with Crippen molar-refractivity contribution in [2.75, 3.05) is 6.54 Å². The number of rotatable bonds is 2. The Morgan fingerprint density at radius 3 is 2.52 bits per heavy atom. The van der Waals surface area contributed by atoms with Gasteiger partial charge >= 0.3 is 6.36 Å². The molecule has 110 valence electrons. The summed E-state index contributed by atoms with van der Waals surface area (Å²) in [6, 6.07) is 7.55. The minimum Gasteiger partial charge on any atom is -0.406 e. The Morgan fingerprint density at radius 1 is 1.19 bits per heavy atom. The van der Waals surface area contributed by atoms with Gasteiger partial charge in [-0.1, -0.05) is 0 Å². The number of amides is 1. The highest BCUT2D eigenvalue weighted by Gasteiger charge is 2.31. The van der Waals surface area contributed by atoms with Gasteiger partial charge in [0.1, 0.15) is 5.75 Å². The molecule has 0 atom stereocenters. The van der Waals surface area contributed by atoms with Gasteiger partial charge in [0.05, 0.1) is 4.88 Å². The standard InChI is InChI=1S/C14H10F3NO2S/c15-14(16,17)20-10-3-1-8(2-4-10)11-7-9-5-6-18-13(19)12(9)21-11/h1-4,7H,5-6H2,(H,18,19). The van der Waals surface area contributed by atoms with Crippen LogP contribution in [-0.4, -0.2) is 18.8 Å². The molecule has 1 aliphatic heterocycles. The van der Waals surface area contributed by atoms with E-state index in [0.717, 1.165) is 22.4 Å². The molecular formula is C14H10F3NO2S. The first-order valence-electron chi connectivity index (χ1n) is 6.19. The third kappa shape index (κ3) is 3.02. The molecular weight excluding hydrogens is 303 g/mol. The average Bonchev–Trinajstić information content (AvgIpc) is 2.83. The summed E-state index contributed by atoms with van der Waals surface area (Å²) in [5, 5.41) is 2.76. The van der Waals surface area contributed by atoms with Crippen molar-refractivity contribution in [3.05, 3.63) is 40.8 Å². The summed E-state index contributed by atoms with van der Waals surface area (Å²) in [6.45, 7) is 0.611. The molecule has 1 aliphatic rings. The first-order chi connectivity index (χ1) is 9.92. The van der Waals surface area contributed by atoms with Gasteiger partial charge in [-0.3, -0.25) is 4.79 Å².